The number of aromatic carboxylic acids is 1. The predicted molar refractivity (Wildman–Crippen MR) is 45.0 cm³/mol. The number of carbonyl (C=O) groups is 2. The Morgan fingerprint density at radius 1 is 1.36 bits per heavy atom. The van der Waals surface area contributed by atoms with Crippen molar-refractivity contribution < 1.29 is 24.2 Å². The molecule has 6 heteroatoms. The first-order chi connectivity index (χ1) is 6.59. The zero-order valence-electron chi connectivity index (χ0n) is 7.19. The Hall–Kier alpha value is -1.82. The molecule has 0 aliphatic heterocycles. The van der Waals surface area contributed by atoms with Crippen molar-refractivity contribution in [2.45, 2.75) is 6.54 Å². The molecule has 0 fully saturated rings. The lowest BCUT2D eigenvalue weighted by atomic mass is 10.4. The molecule has 0 unspecified atom stereocenters. The lowest BCUT2D eigenvalue weighted by Gasteiger charge is -1.96. The average Bonchev–Trinajstić information content (AvgIpc) is 2.52. The number of furan rings is 1. The molecule has 0 amide bonds. The largest absolute Gasteiger partial charge is 0.480 e. The van der Waals surface area contributed by atoms with Crippen molar-refractivity contribution in [1.29, 1.82) is 0 Å². The molecule has 6 nitrogen and oxygen atoms in total. The van der Waals surface area contributed by atoms with E-state index in [1.807, 2.05) is 0 Å². The van der Waals surface area contributed by atoms with Gasteiger partial charge in [0, 0.05) is 0 Å². The Morgan fingerprint density at radius 2 is 2.07 bits per heavy atom. The summed E-state index contributed by atoms with van der Waals surface area (Å²) < 4.78 is 4.87. The molecule has 0 spiro atoms. The monoisotopic (exact) mass is 199 g/mol. The van der Waals surface area contributed by atoms with Crippen molar-refractivity contribution in [2.24, 2.45) is 0 Å². The topological polar surface area (TPSA) is 99.8 Å². The quantitative estimate of drug-likeness (QED) is 0.624. The number of hydrogen-bond acceptors (Lipinski definition) is 4. The molecule has 1 aromatic rings. The first kappa shape index (κ1) is 10.3. The highest BCUT2D eigenvalue weighted by atomic mass is 16.4. The summed E-state index contributed by atoms with van der Waals surface area (Å²) in [4.78, 5) is 20.5. The van der Waals surface area contributed by atoms with Gasteiger partial charge in [0.25, 0.3) is 0 Å². The smallest absolute Gasteiger partial charge is 0.371 e. The summed E-state index contributed by atoms with van der Waals surface area (Å²) >= 11 is 0. The third-order valence-corrected chi connectivity index (χ3v) is 1.45. The van der Waals surface area contributed by atoms with Gasteiger partial charge in [-0.15, -0.1) is 0 Å². The number of carboxylic acids is 2. The second-order valence-corrected chi connectivity index (χ2v) is 2.57. The molecule has 14 heavy (non-hydrogen) atoms. The summed E-state index contributed by atoms with van der Waals surface area (Å²) in [5.41, 5.74) is 0. The molecule has 1 heterocycles. The van der Waals surface area contributed by atoms with Gasteiger partial charge in [-0.25, -0.2) is 4.79 Å². The van der Waals surface area contributed by atoms with Gasteiger partial charge in [-0.3, -0.25) is 10.1 Å². The Balaban J connectivity index is 2.44. The first-order valence-electron chi connectivity index (χ1n) is 3.84. The lowest BCUT2D eigenvalue weighted by Crippen LogP contribution is -2.21. The van der Waals surface area contributed by atoms with Crippen molar-refractivity contribution in [3.63, 3.8) is 0 Å². The zero-order chi connectivity index (χ0) is 10.6. The van der Waals surface area contributed by atoms with Crippen molar-refractivity contribution in [2.75, 3.05) is 6.54 Å². The van der Waals surface area contributed by atoms with Crippen LogP contribution in [0.2, 0.25) is 0 Å². The molecule has 0 aliphatic carbocycles. The zero-order valence-corrected chi connectivity index (χ0v) is 7.19. The fourth-order valence-corrected chi connectivity index (χ4v) is 0.880. The highest BCUT2D eigenvalue weighted by molar-refractivity contribution is 5.84. The molecule has 0 radical (unpaired) electrons. The summed E-state index contributed by atoms with van der Waals surface area (Å²) in [7, 11) is 0. The number of carboxylic acid groups (broad SMARTS) is 2. The first-order valence-corrected chi connectivity index (χ1v) is 3.84. The Morgan fingerprint density at radius 3 is 2.57 bits per heavy atom. The van der Waals surface area contributed by atoms with Gasteiger partial charge in [-0.05, 0) is 12.1 Å². The minimum atomic E-state index is -1.14. The van der Waals surface area contributed by atoms with E-state index < -0.39 is 11.9 Å². The maximum Gasteiger partial charge on any atom is 0.371 e. The molecule has 1 rings (SSSR count). The van der Waals surface area contributed by atoms with Crippen LogP contribution in [0.25, 0.3) is 0 Å². The molecule has 1 aromatic heterocycles. The summed E-state index contributed by atoms with van der Waals surface area (Å²) in [6.07, 6.45) is 0. The Labute approximate surface area is 79.1 Å². The molecular weight excluding hydrogens is 190 g/mol. The van der Waals surface area contributed by atoms with Crippen LogP contribution in [0.1, 0.15) is 16.3 Å². The van der Waals surface area contributed by atoms with Crippen LogP contribution < -0.4 is 5.32 Å². The van der Waals surface area contributed by atoms with E-state index in [-0.39, 0.29) is 18.8 Å². The van der Waals surface area contributed by atoms with E-state index in [2.05, 4.69) is 5.32 Å². The van der Waals surface area contributed by atoms with Gasteiger partial charge in [-0.1, -0.05) is 0 Å². The van der Waals surface area contributed by atoms with E-state index in [0.29, 0.717) is 5.76 Å². The molecule has 0 aliphatic rings. The minimum absolute atomic E-state index is 0.155. The fraction of sp³-hybridized carbons (Fsp3) is 0.250. The van der Waals surface area contributed by atoms with Crippen molar-refractivity contribution in [3.8, 4) is 0 Å². The molecule has 0 atom stereocenters. The maximum atomic E-state index is 10.4. The molecule has 76 valence electrons. The van der Waals surface area contributed by atoms with Crippen LogP contribution in [0, 0.1) is 0 Å². The van der Waals surface area contributed by atoms with Crippen LogP contribution in [-0.4, -0.2) is 28.7 Å². The number of rotatable bonds is 5. The molecule has 3 N–H and O–H groups in total. The van der Waals surface area contributed by atoms with Gasteiger partial charge >= 0.3 is 11.9 Å². The highest BCUT2D eigenvalue weighted by Crippen LogP contribution is 2.06. The van der Waals surface area contributed by atoms with E-state index in [1.54, 1.807) is 0 Å². The second kappa shape index (κ2) is 4.43. The van der Waals surface area contributed by atoms with Crippen molar-refractivity contribution in [1.82, 2.24) is 5.32 Å². The summed E-state index contributed by atoms with van der Waals surface area (Å²) in [6.45, 7) is 0.00266. The number of nitrogens with one attached hydrogen (secondary N) is 1. The third-order valence-electron chi connectivity index (χ3n) is 1.45. The van der Waals surface area contributed by atoms with Gasteiger partial charge in [-0.2, -0.15) is 0 Å². The van der Waals surface area contributed by atoms with Crippen LogP contribution >= 0.6 is 0 Å². The molecule has 0 aromatic carbocycles. The maximum absolute atomic E-state index is 10.4. The standard InChI is InChI=1S/C8H9NO5/c10-7(11)4-9-3-5-1-2-6(14-5)8(12)13/h1-2,9H,3-4H2,(H,10,11)(H,12,13). The average molecular weight is 199 g/mol. The lowest BCUT2D eigenvalue weighted by molar-refractivity contribution is -0.136. The minimum Gasteiger partial charge on any atom is -0.480 e. The highest BCUT2D eigenvalue weighted by Gasteiger charge is 2.08. The van der Waals surface area contributed by atoms with Crippen molar-refractivity contribution in [3.05, 3.63) is 23.7 Å². The van der Waals surface area contributed by atoms with E-state index >= 15 is 0 Å². The molecule has 0 saturated carbocycles. The SMILES string of the molecule is O=C(O)CNCc1ccc(C(=O)O)o1. The summed E-state index contributed by atoms with van der Waals surface area (Å²) in [6, 6.07) is 2.80. The summed E-state index contributed by atoms with van der Waals surface area (Å²) in [5, 5.41) is 19.4. The second-order valence-electron chi connectivity index (χ2n) is 2.57. The molecule has 0 saturated heterocycles. The number of aliphatic carboxylic acids is 1. The Kier molecular flexibility index (Phi) is 3.24. The van der Waals surface area contributed by atoms with Crippen LogP contribution in [-0.2, 0) is 11.3 Å². The molecule has 0 bridgehead atoms. The third kappa shape index (κ3) is 2.91. The van der Waals surface area contributed by atoms with Gasteiger partial charge < -0.3 is 14.6 Å². The van der Waals surface area contributed by atoms with E-state index in [4.69, 9.17) is 14.6 Å². The van der Waals surface area contributed by atoms with E-state index in [0.717, 1.165) is 0 Å². The van der Waals surface area contributed by atoms with Gasteiger partial charge in [0.15, 0.2) is 0 Å². The van der Waals surface area contributed by atoms with Gasteiger partial charge in [0.2, 0.25) is 5.76 Å². The van der Waals surface area contributed by atoms with Crippen LogP contribution in [0.15, 0.2) is 16.5 Å². The van der Waals surface area contributed by atoms with Crippen LogP contribution in [0.4, 0.5) is 0 Å². The Bertz CT molecular complexity index is 343. The predicted octanol–water partition coefficient (Wildman–Crippen LogP) is 0.152. The fourth-order valence-electron chi connectivity index (χ4n) is 0.880. The van der Waals surface area contributed by atoms with Crippen molar-refractivity contribution >= 4 is 11.9 Å². The normalized spacial score (nSPS) is 10.0. The van der Waals surface area contributed by atoms with E-state index in [9.17, 15) is 9.59 Å². The van der Waals surface area contributed by atoms with Crippen LogP contribution in [0.3, 0.4) is 0 Å². The van der Waals surface area contributed by atoms with Gasteiger partial charge in [0.05, 0.1) is 13.1 Å². The van der Waals surface area contributed by atoms with Crippen LogP contribution in [0.5, 0.6) is 0 Å². The number of hydrogen-bond donors (Lipinski definition) is 3. The van der Waals surface area contributed by atoms with Gasteiger partial charge in [0.1, 0.15) is 5.76 Å². The van der Waals surface area contributed by atoms with E-state index in [1.165, 1.54) is 12.1 Å². The summed E-state index contributed by atoms with van der Waals surface area (Å²) in [5.74, 6) is -1.88. The molecular formula is C8H9NO5.